The average Bonchev–Trinajstić information content (AvgIpc) is 4.05. The van der Waals surface area contributed by atoms with E-state index in [1.807, 2.05) is 52.3 Å². The maximum absolute atomic E-state index is 16.1. The Bertz CT molecular complexity index is 2310. The first kappa shape index (κ1) is 41.9. The second-order valence-electron chi connectivity index (χ2n) is 15.8. The highest BCUT2D eigenvalue weighted by atomic mass is 32.1. The van der Waals surface area contributed by atoms with Crippen molar-refractivity contribution in [2.45, 2.75) is 138 Å². The molecule has 0 radical (unpaired) electrons. The van der Waals surface area contributed by atoms with Crippen molar-refractivity contribution in [3.8, 4) is 30.6 Å². The lowest BCUT2D eigenvalue weighted by Gasteiger charge is -2.13. The van der Waals surface area contributed by atoms with E-state index in [0.29, 0.717) is 16.7 Å². The summed E-state index contributed by atoms with van der Waals surface area (Å²) in [5.74, 6) is 1.09. The van der Waals surface area contributed by atoms with Crippen molar-refractivity contribution in [1.29, 1.82) is 0 Å². The normalized spacial score (nSPS) is 13.2. The third-order valence-electron chi connectivity index (χ3n) is 11.6. The third kappa shape index (κ3) is 8.58. The summed E-state index contributed by atoms with van der Waals surface area (Å²) in [6, 6.07) is 14.4. The van der Waals surface area contributed by atoms with Crippen LogP contribution in [0.15, 0.2) is 36.4 Å². The summed E-state index contributed by atoms with van der Waals surface area (Å²) in [5, 5.41) is 3.31. The number of fused-ring (bicyclic) bond motifs is 3. The molecule has 1 aromatic carbocycles. The first-order valence-electron chi connectivity index (χ1n) is 21.1. The number of unbranched alkanes of at least 4 members (excludes halogenated alkanes) is 4. The largest absolute Gasteiger partial charge is 0.293 e. The Morgan fingerprint density at radius 3 is 1.77 bits per heavy atom. The molecule has 0 N–H and O–H groups in total. The fraction of sp³-hybridized carbons (Fsp3) is 0.479. The Hall–Kier alpha value is -2.20. The van der Waals surface area contributed by atoms with Gasteiger partial charge < -0.3 is 0 Å². The van der Waals surface area contributed by atoms with Gasteiger partial charge in [0.05, 0.1) is 9.58 Å². The van der Waals surface area contributed by atoms with Crippen LogP contribution in [0.2, 0.25) is 0 Å². The quantitative estimate of drug-likeness (QED) is 0.0551. The zero-order valence-corrected chi connectivity index (χ0v) is 39.2. The van der Waals surface area contributed by atoms with Gasteiger partial charge in [0.15, 0.2) is 11.6 Å². The number of Topliss-reactive ketones (excluding diaryl/α,β-unsaturated/α-hetero) is 1. The van der Waals surface area contributed by atoms with Crippen LogP contribution in [0.1, 0.15) is 141 Å². The van der Waals surface area contributed by atoms with E-state index in [-0.39, 0.29) is 11.6 Å². The fourth-order valence-electron chi connectivity index (χ4n) is 8.32. The predicted molar refractivity (Wildman–Crippen MR) is 254 cm³/mol. The second kappa shape index (κ2) is 18.8. The second-order valence-corrected chi connectivity index (χ2v) is 22.7. The van der Waals surface area contributed by atoms with E-state index in [2.05, 4.69) is 77.9 Å². The zero-order chi connectivity index (χ0) is 39.5. The molecule has 0 aliphatic rings. The van der Waals surface area contributed by atoms with Gasteiger partial charge in [0.2, 0.25) is 0 Å². The van der Waals surface area contributed by atoms with Gasteiger partial charge in [-0.05, 0) is 81.3 Å². The molecular weight excluding hydrogens is 804 g/mol. The van der Waals surface area contributed by atoms with Crippen LogP contribution in [0.4, 0.5) is 4.39 Å². The molecule has 0 aliphatic carbocycles. The molecule has 0 bridgehead atoms. The Morgan fingerprint density at radius 2 is 1.20 bits per heavy atom. The molecule has 6 heterocycles. The van der Waals surface area contributed by atoms with Crippen LogP contribution >= 0.6 is 68.0 Å². The van der Waals surface area contributed by atoms with Gasteiger partial charge in [0, 0.05) is 77.2 Å². The highest BCUT2D eigenvalue weighted by Crippen LogP contribution is 2.55. The molecule has 0 saturated heterocycles. The van der Waals surface area contributed by atoms with Gasteiger partial charge in [-0.1, -0.05) is 98.8 Å². The maximum Gasteiger partial charge on any atom is 0.175 e. The summed E-state index contributed by atoms with van der Waals surface area (Å²) in [5.41, 5.74) is 2.71. The third-order valence-corrected chi connectivity index (χ3v) is 18.7. The van der Waals surface area contributed by atoms with E-state index in [9.17, 15) is 4.79 Å². The standard InChI is InChI=1S/C48H57FOS6/c1-8-13-16-19-36(50)46-43(49)40-29(7)52-47(48(40)56-46)39-27-35-42(38-23-21-33(54-38)26-31(12-5)18-15-10-3)44-34(24-28(6)51-44)41(45(35)55-39)37-22-20-32(53-37)25-30(11-4)17-14-9-2/h20-24,27,30-31H,8-19,25-26H2,1-7H3. The van der Waals surface area contributed by atoms with Crippen molar-refractivity contribution in [2.75, 3.05) is 0 Å². The Kier molecular flexibility index (Phi) is 14.1. The van der Waals surface area contributed by atoms with Crippen molar-refractivity contribution < 1.29 is 9.18 Å². The van der Waals surface area contributed by atoms with Crippen LogP contribution in [0, 0.1) is 31.5 Å². The van der Waals surface area contributed by atoms with E-state index in [1.54, 1.807) is 11.3 Å². The van der Waals surface area contributed by atoms with Crippen LogP contribution in [-0.2, 0) is 12.8 Å². The van der Waals surface area contributed by atoms with Crippen LogP contribution in [0.5, 0.6) is 0 Å². The average molecular weight is 861 g/mol. The van der Waals surface area contributed by atoms with Crippen LogP contribution in [-0.4, -0.2) is 5.78 Å². The van der Waals surface area contributed by atoms with Gasteiger partial charge >= 0.3 is 0 Å². The topological polar surface area (TPSA) is 17.1 Å². The molecule has 0 aliphatic heterocycles. The number of ketones is 1. The number of thiophene rings is 6. The van der Waals surface area contributed by atoms with Gasteiger partial charge in [-0.3, -0.25) is 4.79 Å². The lowest BCUT2D eigenvalue weighted by Crippen LogP contribution is -2.01. The molecule has 8 heteroatoms. The van der Waals surface area contributed by atoms with Crippen molar-refractivity contribution in [1.82, 2.24) is 0 Å². The fourth-order valence-corrected chi connectivity index (χ4v) is 15.8. The number of carbonyl (C=O) groups is 1. The number of rotatable bonds is 20. The van der Waals surface area contributed by atoms with Crippen LogP contribution in [0.25, 0.3) is 60.9 Å². The molecule has 0 saturated carbocycles. The Labute approximate surface area is 358 Å². The SMILES string of the molecule is CCCCCC(=O)c1sc2c(-c3cc4c(-c5ccc(CC(CC)CCCC)s5)c5sc(C)cc5c(-c5ccc(CC(CC)CCCC)s5)c4s3)sc(C)c2c1F. The molecular formula is C48H57FOS6. The summed E-state index contributed by atoms with van der Waals surface area (Å²) in [6.45, 7) is 15.7. The van der Waals surface area contributed by atoms with E-state index in [1.165, 1.54) is 123 Å². The van der Waals surface area contributed by atoms with Crippen molar-refractivity contribution >= 4 is 104 Å². The van der Waals surface area contributed by atoms with Gasteiger partial charge in [-0.25, -0.2) is 4.39 Å². The molecule has 0 fully saturated rings. The minimum atomic E-state index is -0.309. The summed E-state index contributed by atoms with van der Waals surface area (Å²) in [6.07, 6.45) is 15.7. The summed E-state index contributed by atoms with van der Waals surface area (Å²) >= 11 is 10.8. The number of hydrogen-bond donors (Lipinski definition) is 0. The molecule has 2 atom stereocenters. The monoisotopic (exact) mass is 860 g/mol. The smallest absolute Gasteiger partial charge is 0.175 e. The predicted octanol–water partition coefficient (Wildman–Crippen LogP) is 18.6. The van der Waals surface area contributed by atoms with Crippen LogP contribution in [0.3, 0.4) is 0 Å². The van der Waals surface area contributed by atoms with Gasteiger partial charge in [-0.2, -0.15) is 0 Å². The number of benzene rings is 1. The minimum absolute atomic E-state index is 0.0500. The highest BCUT2D eigenvalue weighted by Gasteiger charge is 2.28. The molecule has 1 nitrogen and oxygen atoms in total. The van der Waals surface area contributed by atoms with Gasteiger partial charge in [0.1, 0.15) is 4.88 Å². The highest BCUT2D eigenvalue weighted by molar-refractivity contribution is 7.32. The molecule has 298 valence electrons. The summed E-state index contributed by atoms with van der Waals surface area (Å²) in [7, 11) is 0. The molecule has 0 spiro atoms. The van der Waals surface area contributed by atoms with E-state index >= 15 is 4.39 Å². The van der Waals surface area contributed by atoms with E-state index in [4.69, 9.17) is 0 Å². The number of aryl methyl sites for hydroxylation is 2. The molecule has 7 aromatic rings. The Morgan fingerprint density at radius 1 is 0.625 bits per heavy atom. The number of carbonyl (C=O) groups excluding carboxylic acids is 1. The first-order valence-corrected chi connectivity index (χ1v) is 26.0. The van der Waals surface area contributed by atoms with Gasteiger partial charge in [0.25, 0.3) is 0 Å². The van der Waals surface area contributed by atoms with Crippen LogP contribution < -0.4 is 0 Å². The molecule has 2 unspecified atom stereocenters. The molecule has 0 amide bonds. The molecule has 6 aromatic heterocycles. The van der Waals surface area contributed by atoms with E-state index in [0.717, 1.165) is 58.4 Å². The van der Waals surface area contributed by atoms with Gasteiger partial charge in [-0.15, -0.1) is 68.0 Å². The number of hydrogen-bond acceptors (Lipinski definition) is 7. The summed E-state index contributed by atoms with van der Waals surface area (Å²) in [4.78, 5) is 23.9. The van der Waals surface area contributed by atoms with Crippen molar-refractivity contribution in [3.63, 3.8) is 0 Å². The number of halogens is 1. The first-order chi connectivity index (χ1) is 27.2. The molecule has 7 rings (SSSR count). The van der Waals surface area contributed by atoms with Crippen molar-refractivity contribution in [2.24, 2.45) is 11.8 Å². The zero-order valence-electron chi connectivity index (χ0n) is 34.3. The van der Waals surface area contributed by atoms with Crippen molar-refractivity contribution in [3.05, 3.63) is 66.6 Å². The lowest BCUT2D eigenvalue weighted by atomic mass is 9.95. The summed E-state index contributed by atoms with van der Waals surface area (Å²) < 4.78 is 19.7. The molecule has 56 heavy (non-hydrogen) atoms. The minimum Gasteiger partial charge on any atom is -0.293 e. The maximum atomic E-state index is 16.1. The lowest BCUT2D eigenvalue weighted by molar-refractivity contribution is 0.0980. The Balaban J connectivity index is 1.40. The van der Waals surface area contributed by atoms with E-state index < -0.39 is 0 Å².